The van der Waals surface area contributed by atoms with Gasteiger partial charge in [-0.15, -0.1) is 11.8 Å². The van der Waals surface area contributed by atoms with Crippen LogP contribution in [0.5, 0.6) is 11.5 Å². The monoisotopic (exact) mass is 518 g/mol. The number of nitrogens with zero attached hydrogens (tertiary/aromatic N) is 1. The number of sulfonamides is 1. The topological polar surface area (TPSA) is 98.5 Å². The number of para-hydroxylation sites is 1. The molecule has 12 heteroatoms. The van der Waals surface area contributed by atoms with E-state index >= 15 is 0 Å². The lowest BCUT2D eigenvalue weighted by molar-refractivity contribution is -0.384. The van der Waals surface area contributed by atoms with Gasteiger partial charge in [0, 0.05) is 17.0 Å². The molecule has 0 saturated heterocycles. The number of ether oxygens (including phenoxy) is 1. The number of anilines is 1. The van der Waals surface area contributed by atoms with Crippen molar-refractivity contribution in [1.29, 1.82) is 0 Å². The summed E-state index contributed by atoms with van der Waals surface area (Å²) in [4.78, 5) is 10.8. The van der Waals surface area contributed by atoms with E-state index in [1.807, 2.05) is 6.26 Å². The van der Waals surface area contributed by atoms with Crippen LogP contribution in [-0.4, -0.2) is 19.6 Å². The van der Waals surface area contributed by atoms with Gasteiger partial charge in [0.2, 0.25) is 0 Å². The molecule has 31 heavy (non-hydrogen) atoms. The maximum Gasteiger partial charge on any atom is 0.271 e. The summed E-state index contributed by atoms with van der Waals surface area (Å²) < 4.78 is 33.8. The van der Waals surface area contributed by atoms with Crippen molar-refractivity contribution in [3.8, 4) is 11.5 Å². The molecule has 7 nitrogen and oxygen atoms in total. The number of benzene rings is 3. The average Bonchev–Trinajstić information content (AvgIpc) is 2.71. The first kappa shape index (κ1) is 23.5. The van der Waals surface area contributed by atoms with Crippen LogP contribution in [0.25, 0.3) is 0 Å². The van der Waals surface area contributed by atoms with Crippen molar-refractivity contribution in [2.45, 2.75) is 9.79 Å². The number of nitro groups is 1. The minimum absolute atomic E-state index is 0.0339. The van der Waals surface area contributed by atoms with Crippen LogP contribution in [0, 0.1) is 10.1 Å². The highest BCUT2D eigenvalue weighted by Crippen LogP contribution is 2.41. The number of nitro benzene ring substituents is 1. The summed E-state index contributed by atoms with van der Waals surface area (Å²) in [7, 11) is -3.99. The van der Waals surface area contributed by atoms with Crippen LogP contribution >= 0.6 is 46.6 Å². The van der Waals surface area contributed by atoms with E-state index in [2.05, 4.69) is 4.72 Å². The minimum atomic E-state index is -3.99. The third-order valence-electron chi connectivity index (χ3n) is 3.97. The third kappa shape index (κ3) is 5.36. The van der Waals surface area contributed by atoms with E-state index in [1.165, 1.54) is 36.0 Å². The SMILES string of the molecule is CSc1ccccc1NS(=O)(=O)c1cc(Cl)c(Oc2ccc([N+](=O)[O-])cc2Cl)c(Cl)c1. The van der Waals surface area contributed by atoms with E-state index < -0.39 is 14.9 Å². The third-order valence-corrected chi connectivity index (χ3v) is 6.97. The first-order valence-electron chi connectivity index (χ1n) is 8.39. The maximum absolute atomic E-state index is 12.8. The van der Waals surface area contributed by atoms with E-state index in [0.29, 0.717) is 5.69 Å². The second-order valence-electron chi connectivity index (χ2n) is 6.00. The smallest absolute Gasteiger partial charge is 0.271 e. The van der Waals surface area contributed by atoms with Crippen molar-refractivity contribution < 1.29 is 18.1 Å². The zero-order valence-electron chi connectivity index (χ0n) is 15.6. The van der Waals surface area contributed by atoms with Gasteiger partial charge in [0.25, 0.3) is 15.7 Å². The summed E-state index contributed by atoms with van der Waals surface area (Å²) in [6.45, 7) is 0. The van der Waals surface area contributed by atoms with Crippen LogP contribution < -0.4 is 9.46 Å². The number of thioether (sulfide) groups is 1. The van der Waals surface area contributed by atoms with Gasteiger partial charge in [0.1, 0.15) is 5.75 Å². The quantitative estimate of drug-likeness (QED) is 0.208. The fourth-order valence-corrected chi connectivity index (χ4v) is 5.17. The molecule has 0 amide bonds. The Morgan fingerprint density at radius 1 is 1.00 bits per heavy atom. The standard InChI is InChI=1S/C19H13Cl3N2O5S2/c1-30-18-5-3-2-4-16(18)23-31(27,28)12-9-14(21)19(15(22)10-12)29-17-7-6-11(24(25)26)8-13(17)20/h2-10,23H,1H3. The Morgan fingerprint density at radius 2 is 1.65 bits per heavy atom. The van der Waals surface area contributed by atoms with Crippen LogP contribution in [0.15, 0.2) is 64.4 Å². The average molecular weight is 520 g/mol. The van der Waals surface area contributed by atoms with Gasteiger partial charge in [-0.05, 0) is 36.6 Å². The fraction of sp³-hybridized carbons (Fsp3) is 0.0526. The molecule has 0 radical (unpaired) electrons. The summed E-state index contributed by atoms with van der Waals surface area (Å²) in [6, 6.07) is 12.9. The van der Waals surface area contributed by atoms with Gasteiger partial charge in [-0.25, -0.2) is 8.42 Å². The Bertz CT molecular complexity index is 1250. The summed E-state index contributed by atoms with van der Waals surface area (Å²) in [5.41, 5.74) is 0.202. The normalized spacial score (nSPS) is 11.2. The zero-order valence-corrected chi connectivity index (χ0v) is 19.5. The van der Waals surface area contributed by atoms with E-state index in [1.54, 1.807) is 24.3 Å². The van der Waals surface area contributed by atoms with Crippen molar-refractivity contribution in [1.82, 2.24) is 0 Å². The molecule has 0 saturated carbocycles. The van der Waals surface area contributed by atoms with Crippen LogP contribution in [0.4, 0.5) is 11.4 Å². The Kier molecular flexibility index (Phi) is 7.23. The van der Waals surface area contributed by atoms with Gasteiger partial charge in [-0.1, -0.05) is 46.9 Å². The predicted octanol–water partition coefficient (Wildman–Crippen LogP) is 6.87. The molecule has 0 aliphatic carbocycles. The summed E-state index contributed by atoms with van der Waals surface area (Å²) in [5, 5.41) is 10.6. The van der Waals surface area contributed by atoms with E-state index in [0.717, 1.165) is 11.0 Å². The first-order valence-corrected chi connectivity index (χ1v) is 12.2. The zero-order chi connectivity index (χ0) is 22.8. The summed E-state index contributed by atoms with van der Waals surface area (Å²) in [6.07, 6.45) is 1.83. The van der Waals surface area contributed by atoms with Gasteiger partial charge >= 0.3 is 0 Å². The van der Waals surface area contributed by atoms with Crippen LogP contribution in [0.3, 0.4) is 0 Å². The molecule has 0 bridgehead atoms. The van der Waals surface area contributed by atoms with Crippen molar-refractivity contribution in [3.63, 3.8) is 0 Å². The highest BCUT2D eigenvalue weighted by atomic mass is 35.5. The number of rotatable bonds is 7. The number of halogens is 3. The van der Waals surface area contributed by atoms with Crippen LogP contribution in [0.2, 0.25) is 15.1 Å². The van der Waals surface area contributed by atoms with Crippen LogP contribution in [-0.2, 0) is 10.0 Å². The number of hydrogen-bond donors (Lipinski definition) is 1. The molecule has 0 aliphatic rings. The number of hydrogen-bond acceptors (Lipinski definition) is 6. The largest absolute Gasteiger partial charge is 0.453 e. The van der Waals surface area contributed by atoms with Gasteiger partial charge < -0.3 is 4.74 Å². The molecule has 0 heterocycles. The lowest BCUT2D eigenvalue weighted by Gasteiger charge is -2.14. The lowest BCUT2D eigenvalue weighted by Crippen LogP contribution is -2.13. The molecule has 0 fully saturated rings. The van der Waals surface area contributed by atoms with Gasteiger partial charge in [-0.3, -0.25) is 14.8 Å². The molecule has 0 aromatic heterocycles. The highest BCUT2D eigenvalue weighted by Gasteiger charge is 2.21. The Labute approximate surface area is 197 Å². The van der Waals surface area contributed by atoms with Gasteiger partial charge in [0.05, 0.1) is 30.6 Å². The highest BCUT2D eigenvalue weighted by molar-refractivity contribution is 7.99. The maximum atomic E-state index is 12.8. The van der Waals surface area contributed by atoms with Gasteiger partial charge in [-0.2, -0.15) is 0 Å². The molecule has 0 aliphatic heterocycles. The molecule has 1 N–H and O–H groups in total. The minimum Gasteiger partial charge on any atom is -0.453 e. The Balaban J connectivity index is 1.92. The van der Waals surface area contributed by atoms with Gasteiger partial charge in [0.15, 0.2) is 5.75 Å². The molecule has 0 spiro atoms. The lowest BCUT2D eigenvalue weighted by atomic mass is 10.3. The van der Waals surface area contributed by atoms with E-state index in [-0.39, 0.29) is 37.1 Å². The Morgan fingerprint density at radius 3 is 2.23 bits per heavy atom. The molecule has 3 aromatic carbocycles. The second-order valence-corrected chi connectivity index (χ2v) is 9.75. The molecule has 0 atom stereocenters. The van der Waals surface area contributed by atoms with Crippen molar-refractivity contribution >= 4 is 68.0 Å². The molecule has 0 unspecified atom stereocenters. The number of nitrogens with one attached hydrogen (secondary N) is 1. The summed E-state index contributed by atoms with van der Waals surface area (Å²) in [5.74, 6) is 0.0289. The second kappa shape index (κ2) is 9.54. The first-order chi connectivity index (χ1) is 14.6. The van der Waals surface area contributed by atoms with Crippen molar-refractivity contribution in [3.05, 3.63) is 79.8 Å². The molecule has 3 aromatic rings. The molecular weight excluding hydrogens is 507 g/mol. The predicted molar refractivity (Wildman–Crippen MR) is 124 cm³/mol. The molecule has 3 rings (SSSR count). The summed E-state index contributed by atoms with van der Waals surface area (Å²) >= 11 is 19.9. The van der Waals surface area contributed by atoms with Crippen molar-refractivity contribution in [2.75, 3.05) is 11.0 Å². The molecule has 162 valence electrons. The van der Waals surface area contributed by atoms with Crippen LogP contribution in [0.1, 0.15) is 0 Å². The number of non-ortho nitro benzene ring substituents is 1. The van der Waals surface area contributed by atoms with E-state index in [4.69, 9.17) is 39.5 Å². The van der Waals surface area contributed by atoms with Crippen molar-refractivity contribution in [2.24, 2.45) is 0 Å². The fourth-order valence-electron chi connectivity index (χ4n) is 2.52. The molecular formula is C19H13Cl3N2O5S2. The van der Waals surface area contributed by atoms with E-state index in [9.17, 15) is 18.5 Å². The Hall–Kier alpha value is -2.17.